The van der Waals surface area contributed by atoms with Gasteiger partial charge in [-0.15, -0.1) is 0 Å². The number of furan rings is 1. The fourth-order valence-corrected chi connectivity index (χ4v) is 4.01. The molecule has 0 aliphatic carbocycles. The van der Waals surface area contributed by atoms with E-state index in [0.29, 0.717) is 40.1 Å². The molecule has 1 aliphatic rings. The molecule has 31 heavy (non-hydrogen) atoms. The van der Waals surface area contributed by atoms with Gasteiger partial charge in [-0.2, -0.15) is 5.10 Å². The van der Waals surface area contributed by atoms with Gasteiger partial charge in [-0.05, 0) is 35.9 Å². The van der Waals surface area contributed by atoms with Crippen LogP contribution in [0.5, 0.6) is 0 Å². The Hall–Kier alpha value is -3.09. The van der Waals surface area contributed by atoms with Gasteiger partial charge in [0, 0.05) is 29.5 Å². The number of amides is 2. The second kappa shape index (κ2) is 9.37. The molecule has 2 aromatic carbocycles. The third kappa shape index (κ3) is 5.16. The predicted molar refractivity (Wildman–Crippen MR) is 120 cm³/mol. The number of likely N-dealkylation sites (tertiary alicyclic amines) is 1. The number of carbonyl (C=O) groups excluding carboxylic acids is 2. The molecular weight excluding hydrogens is 437 g/mol. The van der Waals surface area contributed by atoms with Crippen molar-refractivity contribution < 1.29 is 14.0 Å². The van der Waals surface area contributed by atoms with E-state index >= 15 is 0 Å². The maximum atomic E-state index is 12.2. The Balaban J connectivity index is 1.31. The van der Waals surface area contributed by atoms with Gasteiger partial charge >= 0.3 is 0 Å². The van der Waals surface area contributed by atoms with Crippen LogP contribution >= 0.6 is 23.2 Å². The molecule has 0 unspecified atom stereocenters. The lowest BCUT2D eigenvalue weighted by molar-refractivity contribution is -0.133. The van der Waals surface area contributed by atoms with Crippen molar-refractivity contribution in [3.8, 4) is 11.3 Å². The second-order valence-electron chi connectivity index (χ2n) is 7.21. The summed E-state index contributed by atoms with van der Waals surface area (Å²) in [6.45, 7) is 0.479. The maximum Gasteiger partial charge on any atom is 0.259 e. The molecule has 3 aromatic rings. The van der Waals surface area contributed by atoms with Gasteiger partial charge in [-0.1, -0.05) is 53.5 Å². The molecule has 1 saturated heterocycles. The van der Waals surface area contributed by atoms with Crippen molar-refractivity contribution in [3.63, 3.8) is 0 Å². The molecule has 1 N–H and O–H groups in total. The van der Waals surface area contributed by atoms with Gasteiger partial charge in [0.25, 0.3) is 5.91 Å². The Kier molecular flexibility index (Phi) is 6.39. The highest BCUT2D eigenvalue weighted by atomic mass is 35.5. The SMILES string of the molecule is O=C(CN1C[C@H](c2ccccc2)CC1=O)N/N=C\c1ccc(-c2ccc(Cl)cc2Cl)o1. The molecule has 1 aromatic heterocycles. The molecule has 4 rings (SSSR count). The van der Waals surface area contributed by atoms with Crippen LogP contribution in [0.1, 0.15) is 23.7 Å². The summed E-state index contributed by atoms with van der Waals surface area (Å²) in [5.74, 6) is 0.701. The molecular formula is C23H19Cl2N3O3. The molecule has 1 fully saturated rings. The first-order chi connectivity index (χ1) is 15.0. The number of carbonyl (C=O) groups is 2. The van der Waals surface area contributed by atoms with Crippen LogP contribution in [0, 0.1) is 0 Å². The standard InChI is InChI=1S/C23H19Cl2N3O3/c24-17-6-8-19(20(25)11-17)21-9-7-18(31-21)12-26-27-22(29)14-28-13-16(10-23(28)30)15-4-2-1-3-5-15/h1-9,11-12,16H,10,13-14H2,(H,27,29)/b26-12-/t16-/m1/s1. The first-order valence-electron chi connectivity index (χ1n) is 9.69. The van der Waals surface area contributed by atoms with E-state index in [1.807, 2.05) is 30.3 Å². The summed E-state index contributed by atoms with van der Waals surface area (Å²) in [5, 5.41) is 4.93. The monoisotopic (exact) mass is 455 g/mol. The van der Waals surface area contributed by atoms with Crippen LogP contribution < -0.4 is 5.43 Å². The van der Waals surface area contributed by atoms with Crippen LogP contribution in [-0.4, -0.2) is 36.0 Å². The van der Waals surface area contributed by atoms with Crippen LogP contribution in [0.15, 0.2) is 70.2 Å². The Morgan fingerprint density at radius 1 is 1.16 bits per heavy atom. The van der Waals surface area contributed by atoms with Gasteiger partial charge in [0.15, 0.2) is 0 Å². The van der Waals surface area contributed by atoms with Crippen LogP contribution in [0.3, 0.4) is 0 Å². The summed E-state index contributed by atoms with van der Waals surface area (Å²) < 4.78 is 5.69. The zero-order valence-corrected chi connectivity index (χ0v) is 17.9. The molecule has 0 saturated carbocycles. The summed E-state index contributed by atoms with van der Waals surface area (Å²) >= 11 is 12.1. The lowest BCUT2D eigenvalue weighted by Gasteiger charge is -2.15. The summed E-state index contributed by atoms with van der Waals surface area (Å²) in [4.78, 5) is 26.0. The van der Waals surface area contributed by atoms with Gasteiger partial charge in [-0.3, -0.25) is 9.59 Å². The summed E-state index contributed by atoms with van der Waals surface area (Å²) in [6, 6.07) is 18.4. The molecule has 2 heterocycles. The number of rotatable bonds is 6. The van der Waals surface area contributed by atoms with Crippen molar-refractivity contribution in [3.05, 3.63) is 82.0 Å². The number of nitrogens with one attached hydrogen (secondary N) is 1. The molecule has 1 aliphatic heterocycles. The van der Waals surface area contributed by atoms with E-state index in [9.17, 15) is 9.59 Å². The number of hydrazone groups is 1. The summed E-state index contributed by atoms with van der Waals surface area (Å²) in [5.41, 5.74) is 4.24. The smallest absolute Gasteiger partial charge is 0.259 e. The lowest BCUT2D eigenvalue weighted by Crippen LogP contribution is -2.36. The number of halogens is 2. The van der Waals surface area contributed by atoms with Gasteiger partial charge in [0.2, 0.25) is 5.91 Å². The van der Waals surface area contributed by atoms with E-state index < -0.39 is 0 Å². The van der Waals surface area contributed by atoms with Crippen molar-refractivity contribution in [1.82, 2.24) is 10.3 Å². The quantitative estimate of drug-likeness (QED) is 0.431. The zero-order chi connectivity index (χ0) is 21.8. The van der Waals surface area contributed by atoms with E-state index in [-0.39, 0.29) is 24.3 Å². The second-order valence-corrected chi connectivity index (χ2v) is 8.05. The van der Waals surface area contributed by atoms with E-state index in [0.717, 1.165) is 5.56 Å². The molecule has 0 spiro atoms. The van der Waals surface area contributed by atoms with Gasteiger partial charge in [0.1, 0.15) is 18.1 Å². The third-order valence-corrected chi connectivity index (χ3v) is 5.57. The largest absolute Gasteiger partial charge is 0.455 e. The number of hydrogen-bond donors (Lipinski definition) is 1. The van der Waals surface area contributed by atoms with Crippen LogP contribution in [-0.2, 0) is 9.59 Å². The van der Waals surface area contributed by atoms with Crippen molar-refractivity contribution in [1.29, 1.82) is 0 Å². The van der Waals surface area contributed by atoms with Crippen molar-refractivity contribution in [2.45, 2.75) is 12.3 Å². The average molecular weight is 456 g/mol. The minimum absolute atomic E-state index is 0.0384. The predicted octanol–water partition coefficient (Wildman–Crippen LogP) is 4.72. The first-order valence-corrected chi connectivity index (χ1v) is 10.4. The third-order valence-electron chi connectivity index (χ3n) is 5.02. The maximum absolute atomic E-state index is 12.2. The lowest BCUT2D eigenvalue weighted by atomic mass is 9.99. The topological polar surface area (TPSA) is 74.9 Å². The van der Waals surface area contributed by atoms with Crippen LogP contribution in [0.4, 0.5) is 0 Å². The molecule has 8 heteroatoms. The van der Waals surface area contributed by atoms with Crippen LogP contribution in [0.25, 0.3) is 11.3 Å². The zero-order valence-electron chi connectivity index (χ0n) is 16.4. The van der Waals surface area contributed by atoms with Gasteiger partial charge in [0.05, 0.1) is 11.2 Å². The van der Waals surface area contributed by atoms with Crippen molar-refractivity contribution in [2.24, 2.45) is 5.10 Å². The Labute approximate surface area is 189 Å². The average Bonchev–Trinajstić information content (AvgIpc) is 3.36. The molecule has 6 nitrogen and oxygen atoms in total. The van der Waals surface area contributed by atoms with Crippen LogP contribution in [0.2, 0.25) is 10.0 Å². The Bertz CT molecular complexity index is 1130. The summed E-state index contributed by atoms with van der Waals surface area (Å²) in [7, 11) is 0. The highest BCUT2D eigenvalue weighted by Crippen LogP contribution is 2.31. The van der Waals surface area contributed by atoms with Crippen molar-refractivity contribution >= 4 is 41.2 Å². The Morgan fingerprint density at radius 3 is 2.74 bits per heavy atom. The fourth-order valence-electron chi connectivity index (χ4n) is 3.51. The molecule has 0 bridgehead atoms. The molecule has 1 atom stereocenters. The summed E-state index contributed by atoms with van der Waals surface area (Å²) in [6.07, 6.45) is 1.80. The van der Waals surface area contributed by atoms with Gasteiger partial charge < -0.3 is 9.32 Å². The van der Waals surface area contributed by atoms with E-state index in [1.54, 1.807) is 35.2 Å². The van der Waals surface area contributed by atoms with E-state index in [2.05, 4.69) is 10.5 Å². The number of benzene rings is 2. The molecule has 2 amide bonds. The normalized spacial score (nSPS) is 16.3. The first kappa shape index (κ1) is 21.2. The number of nitrogens with zero attached hydrogens (tertiary/aromatic N) is 2. The van der Waals surface area contributed by atoms with Gasteiger partial charge in [-0.25, -0.2) is 5.43 Å². The van der Waals surface area contributed by atoms with E-state index in [4.69, 9.17) is 27.6 Å². The minimum atomic E-state index is -0.370. The number of hydrogen-bond acceptors (Lipinski definition) is 4. The fraction of sp³-hybridized carbons (Fsp3) is 0.174. The molecule has 0 radical (unpaired) electrons. The Morgan fingerprint density at radius 2 is 1.97 bits per heavy atom. The minimum Gasteiger partial charge on any atom is -0.455 e. The highest BCUT2D eigenvalue weighted by molar-refractivity contribution is 6.36. The van der Waals surface area contributed by atoms with Crippen molar-refractivity contribution in [2.75, 3.05) is 13.1 Å². The highest BCUT2D eigenvalue weighted by Gasteiger charge is 2.31. The van der Waals surface area contributed by atoms with E-state index in [1.165, 1.54) is 6.21 Å². The molecule has 158 valence electrons.